The summed E-state index contributed by atoms with van der Waals surface area (Å²) in [6.07, 6.45) is 5.91. The molecule has 0 saturated carbocycles. The van der Waals surface area contributed by atoms with Crippen LogP contribution in [0, 0.1) is 0 Å². The number of ketones is 1. The number of hydrogen-bond acceptors (Lipinski definition) is 3. The Morgan fingerprint density at radius 3 is 2.83 bits per heavy atom. The zero-order valence-electron chi connectivity index (χ0n) is 9.74. The van der Waals surface area contributed by atoms with E-state index in [0.29, 0.717) is 17.9 Å². The van der Waals surface area contributed by atoms with E-state index in [1.165, 1.54) is 0 Å². The number of para-hydroxylation sites is 1. The average molecular weight is 240 g/mol. The van der Waals surface area contributed by atoms with Crippen LogP contribution in [0.5, 0.6) is 0 Å². The Balaban J connectivity index is 1.88. The fraction of sp³-hybridized carbons (Fsp3) is 0.143. The second kappa shape index (κ2) is 4.49. The van der Waals surface area contributed by atoms with Crippen molar-refractivity contribution in [3.63, 3.8) is 0 Å². The van der Waals surface area contributed by atoms with Crippen LogP contribution >= 0.6 is 0 Å². The van der Waals surface area contributed by atoms with E-state index in [2.05, 4.69) is 5.10 Å². The molecule has 0 fully saturated rings. The lowest BCUT2D eigenvalue weighted by Gasteiger charge is -2.00. The first-order chi connectivity index (χ1) is 8.84. The van der Waals surface area contributed by atoms with E-state index in [1.807, 2.05) is 36.4 Å². The van der Waals surface area contributed by atoms with E-state index >= 15 is 0 Å². The van der Waals surface area contributed by atoms with Gasteiger partial charge in [-0.15, -0.1) is 0 Å². The molecule has 1 aliphatic heterocycles. The molecule has 18 heavy (non-hydrogen) atoms. The summed E-state index contributed by atoms with van der Waals surface area (Å²) in [5, 5.41) is 4.19. The molecule has 3 rings (SSSR count). The van der Waals surface area contributed by atoms with Crippen molar-refractivity contribution in [2.24, 2.45) is 0 Å². The van der Waals surface area contributed by atoms with Gasteiger partial charge in [0.05, 0.1) is 24.1 Å². The number of carbonyl (C=O) groups excluding carboxylic acids is 1. The van der Waals surface area contributed by atoms with E-state index in [9.17, 15) is 4.79 Å². The first-order valence-corrected chi connectivity index (χ1v) is 5.82. The molecule has 4 nitrogen and oxygen atoms in total. The lowest BCUT2D eigenvalue weighted by Crippen LogP contribution is -2.02. The van der Waals surface area contributed by atoms with Crippen molar-refractivity contribution in [2.45, 2.75) is 6.42 Å². The molecule has 1 aromatic heterocycles. The Bertz CT molecular complexity index is 599. The second-order valence-corrected chi connectivity index (χ2v) is 4.04. The van der Waals surface area contributed by atoms with Crippen LogP contribution in [0.1, 0.15) is 16.8 Å². The summed E-state index contributed by atoms with van der Waals surface area (Å²) < 4.78 is 6.94. The minimum atomic E-state index is -0.102. The highest BCUT2D eigenvalue weighted by Crippen LogP contribution is 2.16. The van der Waals surface area contributed by atoms with Gasteiger partial charge >= 0.3 is 0 Å². The van der Waals surface area contributed by atoms with Gasteiger partial charge in [-0.2, -0.15) is 5.10 Å². The van der Waals surface area contributed by atoms with Crippen molar-refractivity contribution in [3.8, 4) is 5.69 Å². The minimum Gasteiger partial charge on any atom is -0.489 e. The van der Waals surface area contributed by atoms with E-state index in [0.717, 1.165) is 12.1 Å². The van der Waals surface area contributed by atoms with E-state index < -0.39 is 0 Å². The van der Waals surface area contributed by atoms with Crippen molar-refractivity contribution in [1.29, 1.82) is 0 Å². The van der Waals surface area contributed by atoms with E-state index in [-0.39, 0.29) is 5.78 Å². The SMILES string of the molecule is O=C(C1=CCCO1)c1cnn(-c2ccccc2)c1. The zero-order chi connectivity index (χ0) is 12.4. The molecular formula is C14H12N2O2. The third-order valence-electron chi connectivity index (χ3n) is 2.79. The predicted octanol–water partition coefficient (Wildman–Crippen LogP) is 2.36. The summed E-state index contributed by atoms with van der Waals surface area (Å²) in [7, 11) is 0. The van der Waals surface area contributed by atoms with E-state index in [4.69, 9.17) is 4.74 Å². The second-order valence-electron chi connectivity index (χ2n) is 4.04. The highest BCUT2D eigenvalue weighted by Gasteiger charge is 2.18. The maximum atomic E-state index is 12.0. The molecule has 0 radical (unpaired) electrons. The molecule has 2 aromatic rings. The third-order valence-corrected chi connectivity index (χ3v) is 2.79. The lowest BCUT2D eigenvalue weighted by molar-refractivity contribution is 0.0942. The van der Waals surface area contributed by atoms with Gasteiger partial charge in [0.25, 0.3) is 0 Å². The Labute approximate surface area is 105 Å². The maximum Gasteiger partial charge on any atom is 0.230 e. The van der Waals surface area contributed by atoms with Gasteiger partial charge in [-0.25, -0.2) is 4.68 Å². The number of aromatic nitrogens is 2. The van der Waals surface area contributed by atoms with Gasteiger partial charge in [0.2, 0.25) is 5.78 Å². The Hall–Kier alpha value is -2.36. The summed E-state index contributed by atoms with van der Waals surface area (Å²) in [5.41, 5.74) is 1.48. The molecule has 0 atom stereocenters. The molecule has 1 aromatic carbocycles. The van der Waals surface area contributed by atoms with Crippen LogP contribution in [0.2, 0.25) is 0 Å². The minimum absolute atomic E-state index is 0.102. The van der Waals surface area contributed by atoms with Crippen molar-refractivity contribution in [2.75, 3.05) is 6.61 Å². The Kier molecular flexibility index (Phi) is 2.68. The van der Waals surface area contributed by atoms with Crippen LogP contribution < -0.4 is 0 Å². The average Bonchev–Trinajstić information content (AvgIpc) is 3.10. The maximum absolute atomic E-state index is 12.0. The summed E-state index contributed by atoms with van der Waals surface area (Å²) in [5.74, 6) is 0.331. The first kappa shape index (κ1) is 10.8. The quantitative estimate of drug-likeness (QED) is 0.773. The summed E-state index contributed by atoms with van der Waals surface area (Å²) >= 11 is 0. The number of Topliss-reactive ketones (excluding diaryl/α,β-unsaturated/α-hetero) is 1. The largest absolute Gasteiger partial charge is 0.489 e. The molecule has 4 heteroatoms. The highest BCUT2D eigenvalue weighted by atomic mass is 16.5. The molecule has 0 N–H and O–H groups in total. The van der Waals surface area contributed by atoms with Gasteiger partial charge in [0.15, 0.2) is 5.76 Å². The highest BCUT2D eigenvalue weighted by molar-refractivity contribution is 6.07. The Morgan fingerprint density at radius 1 is 1.28 bits per heavy atom. The van der Waals surface area contributed by atoms with Gasteiger partial charge in [0, 0.05) is 12.6 Å². The topological polar surface area (TPSA) is 44.1 Å². The molecule has 0 saturated heterocycles. The first-order valence-electron chi connectivity index (χ1n) is 5.82. The Morgan fingerprint density at radius 2 is 2.11 bits per heavy atom. The number of nitrogens with zero attached hydrogens (tertiary/aromatic N) is 2. The van der Waals surface area contributed by atoms with E-state index in [1.54, 1.807) is 17.1 Å². The molecular weight excluding hydrogens is 228 g/mol. The standard InChI is InChI=1S/C14H12N2O2/c17-14(13-7-4-8-18-13)11-9-15-16(10-11)12-5-2-1-3-6-12/h1-3,5-7,9-10H,4,8H2. The van der Waals surface area contributed by atoms with Crippen LogP contribution in [0.15, 0.2) is 54.6 Å². The van der Waals surface area contributed by atoms with Crippen LogP contribution in [-0.4, -0.2) is 22.2 Å². The monoisotopic (exact) mass is 240 g/mol. The third kappa shape index (κ3) is 1.93. The zero-order valence-corrected chi connectivity index (χ0v) is 9.74. The predicted molar refractivity (Wildman–Crippen MR) is 66.5 cm³/mol. The molecule has 0 bridgehead atoms. The van der Waals surface area contributed by atoms with Crippen molar-refractivity contribution < 1.29 is 9.53 Å². The van der Waals surface area contributed by atoms with Crippen molar-refractivity contribution in [3.05, 3.63) is 60.1 Å². The fourth-order valence-corrected chi connectivity index (χ4v) is 1.88. The van der Waals surface area contributed by atoms with Crippen molar-refractivity contribution >= 4 is 5.78 Å². The normalized spacial score (nSPS) is 14.1. The summed E-state index contributed by atoms with van der Waals surface area (Å²) in [6, 6.07) is 9.68. The summed E-state index contributed by atoms with van der Waals surface area (Å²) in [6.45, 7) is 0.591. The van der Waals surface area contributed by atoms with Gasteiger partial charge in [0.1, 0.15) is 0 Å². The molecule has 0 amide bonds. The summed E-state index contributed by atoms with van der Waals surface area (Å²) in [4.78, 5) is 12.0. The molecule has 2 heterocycles. The number of hydrogen-bond donors (Lipinski definition) is 0. The van der Waals surface area contributed by atoms with Gasteiger partial charge in [-0.3, -0.25) is 4.79 Å². The fourth-order valence-electron chi connectivity index (χ4n) is 1.88. The van der Waals surface area contributed by atoms with Crippen LogP contribution in [-0.2, 0) is 4.74 Å². The molecule has 1 aliphatic rings. The smallest absolute Gasteiger partial charge is 0.230 e. The van der Waals surface area contributed by atoms with Crippen LogP contribution in [0.3, 0.4) is 0 Å². The number of carbonyl (C=O) groups is 1. The molecule has 90 valence electrons. The molecule has 0 unspecified atom stereocenters. The van der Waals surface area contributed by atoms with Crippen molar-refractivity contribution in [1.82, 2.24) is 9.78 Å². The van der Waals surface area contributed by atoms with Crippen LogP contribution in [0.25, 0.3) is 5.69 Å². The molecule has 0 spiro atoms. The van der Waals surface area contributed by atoms with Gasteiger partial charge in [-0.05, 0) is 18.2 Å². The lowest BCUT2D eigenvalue weighted by atomic mass is 10.2. The number of rotatable bonds is 3. The number of benzene rings is 1. The molecule has 0 aliphatic carbocycles. The van der Waals surface area contributed by atoms with Gasteiger partial charge in [-0.1, -0.05) is 18.2 Å². The number of ether oxygens (including phenoxy) is 1. The number of allylic oxidation sites excluding steroid dienone is 1. The van der Waals surface area contributed by atoms with Gasteiger partial charge < -0.3 is 4.74 Å². The van der Waals surface area contributed by atoms with Crippen LogP contribution in [0.4, 0.5) is 0 Å².